The minimum atomic E-state index is -4.05. The van der Waals surface area contributed by atoms with E-state index in [4.69, 9.17) is 0 Å². The SMILES string of the molecule is CC[C@@H](C)NC(=O)[C@@H](Cc1ccccc1)N(Cc1ccccc1C)C(=O)CN(c1cc(C)ccc1C)S(=O)(=O)N(C)C. The Balaban J connectivity index is 2.14. The maximum atomic E-state index is 14.4. The first-order valence-corrected chi connectivity index (χ1v) is 15.7. The van der Waals surface area contributed by atoms with Gasteiger partial charge in [0.1, 0.15) is 12.6 Å². The fourth-order valence-corrected chi connectivity index (χ4v) is 5.77. The van der Waals surface area contributed by atoms with E-state index >= 15 is 0 Å². The second-order valence-corrected chi connectivity index (χ2v) is 13.1. The van der Waals surface area contributed by atoms with Crippen LogP contribution in [0.3, 0.4) is 0 Å². The molecule has 0 saturated carbocycles. The number of nitrogens with zero attached hydrogens (tertiary/aromatic N) is 3. The van der Waals surface area contributed by atoms with E-state index in [2.05, 4.69) is 5.32 Å². The smallest absolute Gasteiger partial charge is 0.304 e. The van der Waals surface area contributed by atoms with Gasteiger partial charge in [-0.2, -0.15) is 12.7 Å². The number of carbonyl (C=O) groups excluding carboxylic acids is 2. The van der Waals surface area contributed by atoms with Crippen molar-refractivity contribution in [3.63, 3.8) is 0 Å². The zero-order chi connectivity index (χ0) is 31.0. The minimum Gasteiger partial charge on any atom is -0.352 e. The summed E-state index contributed by atoms with van der Waals surface area (Å²) in [4.78, 5) is 29.8. The van der Waals surface area contributed by atoms with Crippen LogP contribution in [0.5, 0.6) is 0 Å². The zero-order valence-corrected chi connectivity index (χ0v) is 26.6. The van der Waals surface area contributed by atoms with Crippen molar-refractivity contribution >= 4 is 27.7 Å². The lowest BCUT2D eigenvalue weighted by molar-refractivity contribution is -0.140. The van der Waals surface area contributed by atoms with Crippen molar-refractivity contribution in [2.45, 2.75) is 66.1 Å². The van der Waals surface area contributed by atoms with Crippen molar-refractivity contribution in [2.75, 3.05) is 24.9 Å². The third kappa shape index (κ3) is 8.20. The molecule has 0 unspecified atom stereocenters. The lowest BCUT2D eigenvalue weighted by Gasteiger charge is -2.35. The van der Waals surface area contributed by atoms with Gasteiger partial charge in [-0.15, -0.1) is 0 Å². The summed E-state index contributed by atoms with van der Waals surface area (Å²) >= 11 is 0. The number of anilines is 1. The van der Waals surface area contributed by atoms with Crippen LogP contribution in [0.2, 0.25) is 0 Å². The Morgan fingerprint density at radius 1 is 0.881 bits per heavy atom. The van der Waals surface area contributed by atoms with Crippen molar-refractivity contribution < 1.29 is 18.0 Å². The number of carbonyl (C=O) groups is 2. The van der Waals surface area contributed by atoms with Gasteiger partial charge in [-0.05, 0) is 68.0 Å². The van der Waals surface area contributed by atoms with E-state index in [1.807, 2.05) is 101 Å². The molecule has 0 aliphatic carbocycles. The van der Waals surface area contributed by atoms with Crippen molar-refractivity contribution in [3.8, 4) is 0 Å². The number of rotatable bonds is 13. The van der Waals surface area contributed by atoms with Crippen LogP contribution < -0.4 is 9.62 Å². The highest BCUT2D eigenvalue weighted by molar-refractivity contribution is 7.90. The molecule has 0 spiro atoms. The number of aryl methyl sites for hydroxylation is 3. The van der Waals surface area contributed by atoms with Crippen LogP contribution in [0.1, 0.15) is 48.1 Å². The largest absolute Gasteiger partial charge is 0.352 e. The molecule has 0 aliphatic rings. The van der Waals surface area contributed by atoms with Gasteiger partial charge < -0.3 is 10.2 Å². The van der Waals surface area contributed by atoms with Gasteiger partial charge >= 0.3 is 10.2 Å². The number of nitrogens with one attached hydrogen (secondary N) is 1. The number of benzene rings is 3. The highest BCUT2D eigenvalue weighted by atomic mass is 32.2. The topological polar surface area (TPSA) is 90.0 Å². The molecule has 1 N–H and O–H groups in total. The summed E-state index contributed by atoms with van der Waals surface area (Å²) in [6.45, 7) is 9.27. The van der Waals surface area contributed by atoms with Gasteiger partial charge in [0.2, 0.25) is 11.8 Å². The molecule has 0 saturated heterocycles. The number of hydrogen-bond donors (Lipinski definition) is 1. The molecule has 3 aromatic rings. The average Bonchev–Trinajstić information content (AvgIpc) is 2.96. The maximum Gasteiger partial charge on any atom is 0.304 e. The van der Waals surface area contributed by atoms with Gasteiger partial charge in [0.15, 0.2) is 0 Å². The van der Waals surface area contributed by atoms with E-state index in [1.165, 1.54) is 19.0 Å². The molecule has 2 atom stereocenters. The fraction of sp³-hybridized carbons (Fsp3) is 0.394. The van der Waals surface area contributed by atoms with E-state index in [0.717, 1.165) is 42.8 Å². The zero-order valence-electron chi connectivity index (χ0n) is 25.8. The van der Waals surface area contributed by atoms with Crippen LogP contribution in [0.15, 0.2) is 72.8 Å². The summed E-state index contributed by atoms with van der Waals surface area (Å²) in [6, 6.07) is 21.8. The standard InChI is InChI=1S/C33H44N4O4S/c1-8-27(5)34-33(39)31(21-28-15-10-9-11-16-28)36(22-29-17-13-12-14-25(29)3)32(38)23-37(42(40,41)35(6)7)30-20-24(2)18-19-26(30)4/h9-20,27,31H,8,21-23H2,1-7H3,(H,34,39)/t27-,31-/m1/s1. The average molecular weight is 593 g/mol. The van der Waals surface area contributed by atoms with Crippen molar-refractivity contribution in [3.05, 3.63) is 101 Å². The minimum absolute atomic E-state index is 0.0910. The maximum absolute atomic E-state index is 14.4. The summed E-state index contributed by atoms with van der Waals surface area (Å²) in [6.07, 6.45) is 1.02. The first-order valence-electron chi connectivity index (χ1n) is 14.3. The molecule has 0 fully saturated rings. The van der Waals surface area contributed by atoms with Crippen LogP contribution in [0.4, 0.5) is 5.69 Å². The van der Waals surface area contributed by atoms with E-state index in [1.54, 1.807) is 6.07 Å². The number of amides is 2. The fourth-order valence-electron chi connectivity index (χ4n) is 4.66. The predicted molar refractivity (Wildman–Crippen MR) is 169 cm³/mol. The molecule has 9 heteroatoms. The molecule has 42 heavy (non-hydrogen) atoms. The normalized spacial score (nSPS) is 13.0. The van der Waals surface area contributed by atoms with E-state index in [0.29, 0.717) is 5.69 Å². The van der Waals surface area contributed by atoms with Crippen molar-refractivity contribution in [1.82, 2.24) is 14.5 Å². The van der Waals surface area contributed by atoms with Crippen LogP contribution in [0.25, 0.3) is 0 Å². The molecule has 2 amide bonds. The van der Waals surface area contributed by atoms with E-state index in [-0.39, 0.29) is 24.9 Å². The van der Waals surface area contributed by atoms with Crippen LogP contribution in [-0.2, 0) is 32.8 Å². The van der Waals surface area contributed by atoms with Gasteiger partial charge in [-0.3, -0.25) is 9.59 Å². The summed E-state index contributed by atoms with van der Waals surface area (Å²) in [5.41, 5.74) is 4.78. The van der Waals surface area contributed by atoms with E-state index in [9.17, 15) is 18.0 Å². The molecule has 0 bridgehead atoms. The molecule has 3 aromatic carbocycles. The molecule has 0 radical (unpaired) electrons. The summed E-state index contributed by atoms with van der Waals surface area (Å²) < 4.78 is 29.5. The summed E-state index contributed by atoms with van der Waals surface area (Å²) in [7, 11) is -1.16. The van der Waals surface area contributed by atoms with Crippen LogP contribution in [-0.4, -0.2) is 62.2 Å². The lowest BCUT2D eigenvalue weighted by atomic mass is 10.0. The molecule has 3 rings (SSSR count). The predicted octanol–water partition coefficient (Wildman–Crippen LogP) is 4.78. The second kappa shape index (κ2) is 14.5. The molecule has 8 nitrogen and oxygen atoms in total. The molecule has 0 heterocycles. The third-order valence-corrected chi connectivity index (χ3v) is 9.33. The first-order chi connectivity index (χ1) is 19.8. The Labute approximate surface area is 251 Å². The quantitative estimate of drug-likeness (QED) is 0.309. The Bertz CT molecular complexity index is 1470. The highest BCUT2D eigenvalue weighted by Crippen LogP contribution is 2.26. The number of hydrogen-bond acceptors (Lipinski definition) is 4. The first kappa shape index (κ1) is 32.8. The van der Waals surface area contributed by atoms with Crippen LogP contribution >= 0.6 is 0 Å². The van der Waals surface area contributed by atoms with Gasteiger partial charge in [0.25, 0.3) is 0 Å². The lowest BCUT2D eigenvalue weighted by Crippen LogP contribution is -2.55. The molecular formula is C33H44N4O4S. The van der Waals surface area contributed by atoms with Gasteiger partial charge in [-0.25, -0.2) is 4.31 Å². The molecule has 0 aromatic heterocycles. The molecule has 0 aliphatic heterocycles. The molecular weight excluding hydrogens is 548 g/mol. The second-order valence-electron chi connectivity index (χ2n) is 11.1. The highest BCUT2D eigenvalue weighted by Gasteiger charge is 2.35. The van der Waals surface area contributed by atoms with Gasteiger partial charge in [-0.1, -0.05) is 73.7 Å². The monoisotopic (exact) mass is 592 g/mol. The Morgan fingerprint density at radius 3 is 2.14 bits per heavy atom. The van der Waals surface area contributed by atoms with Crippen LogP contribution in [0, 0.1) is 20.8 Å². The van der Waals surface area contributed by atoms with Crippen molar-refractivity contribution in [2.24, 2.45) is 0 Å². The summed E-state index contributed by atoms with van der Waals surface area (Å²) in [5.74, 6) is -0.742. The Hall–Kier alpha value is -3.69. The Morgan fingerprint density at radius 2 is 1.52 bits per heavy atom. The van der Waals surface area contributed by atoms with Gasteiger partial charge in [0, 0.05) is 33.1 Å². The van der Waals surface area contributed by atoms with Gasteiger partial charge in [0.05, 0.1) is 5.69 Å². The Kier molecular flexibility index (Phi) is 11.3. The van der Waals surface area contributed by atoms with E-state index < -0.39 is 28.7 Å². The third-order valence-electron chi connectivity index (χ3n) is 7.53. The molecule has 226 valence electrons. The summed E-state index contributed by atoms with van der Waals surface area (Å²) in [5, 5.41) is 3.06. The van der Waals surface area contributed by atoms with Crippen molar-refractivity contribution in [1.29, 1.82) is 0 Å².